The zero-order valence-electron chi connectivity index (χ0n) is 14.0. The third kappa shape index (κ3) is 3.25. The fourth-order valence-corrected chi connectivity index (χ4v) is 3.60. The van der Waals surface area contributed by atoms with Crippen molar-refractivity contribution in [2.24, 2.45) is 7.05 Å². The zero-order chi connectivity index (χ0) is 16.4. The molecule has 2 atom stereocenters. The smallest absolute Gasteiger partial charge is 0.216 e. The molecule has 0 bridgehead atoms. The molecule has 7 nitrogen and oxygen atoms in total. The molecule has 3 heterocycles. The van der Waals surface area contributed by atoms with Crippen LogP contribution in [0.25, 0.3) is 0 Å². The Morgan fingerprint density at radius 2 is 2.26 bits per heavy atom. The molecule has 1 fully saturated rings. The van der Waals surface area contributed by atoms with Crippen LogP contribution in [0.15, 0.2) is 18.5 Å². The summed E-state index contributed by atoms with van der Waals surface area (Å²) in [6.07, 6.45) is 5.35. The van der Waals surface area contributed by atoms with E-state index < -0.39 is 6.10 Å². The van der Waals surface area contributed by atoms with E-state index in [1.165, 1.54) is 0 Å². The topological polar surface area (TPSA) is 68.3 Å². The van der Waals surface area contributed by atoms with Gasteiger partial charge >= 0.3 is 0 Å². The molecule has 2 aromatic rings. The minimum atomic E-state index is -0.446. The number of rotatable bonds is 6. The minimum absolute atomic E-state index is 0.255. The summed E-state index contributed by atoms with van der Waals surface area (Å²) in [6.45, 7) is 4.15. The summed E-state index contributed by atoms with van der Waals surface area (Å²) in [6, 6.07) is 2.13. The Hall–Kier alpha value is -1.86. The highest BCUT2D eigenvalue weighted by molar-refractivity contribution is 5.35. The van der Waals surface area contributed by atoms with Crippen LogP contribution in [0.3, 0.4) is 0 Å². The van der Waals surface area contributed by atoms with Crippen molar-refractivity contribution in [3.63, 3.8) is 0 Å². The molecule has 126 valence electrons. The van der Waals surface area contributed by atoms with Crippen molar-refractivity contribution in [3.05, 3.63) is 29.7 Å². The highest BCUT2D eigenvalue weighted by atomic mass is 16.5. The maximum atomic E-state index is 10.4. The van der Waals surface area contributed by atoms with Crippen LogP contribution in [0.5, 0.6) is 5.88 Å². The van der Waals surface area contributed by atoms with Gasteiger partial charge in [0.25, 0.3) is 0 Å². The van der Waals surface area contributed by atoms with E-state index in [1.807, 2.05) is 26.2 Å². The van der Waals surface area contributed by atoms with E-state index in [0.717, 1.165) is 36.5 Å². The van der Waals surface area contributed by atoms with Crippen molar-refractivity contribution >= 4 is 0 Å². The first-order valence-electron chi connectivity index (χ1n) is 8.07. The molecule has 0 amide bonds. The van der Waals surface area contributed by atoms with E-state index in [9.17, 15) is 5.11 Å². The fourth-order valence-electron chi connectivity index (χ4n) is 3.60. The van der Waals surface area contributed by atoms with Gasteiger partial charge in [0.05, 0.1) is 31.0 Å². The Morgan fingerprint density at radius 3 is 2.96 bits per heavy atom. The van der Waals surface area contributed by atoms with Gasteiger partial charge in [-0.2, -0.15) is 10.2 Å². The van der Waals surface area contributed by atoms with Crippen LogP contribution >= 0.6 is 0 Å². The zero-order valence-corrected chi connectivity index (χ0v) is 14.0. The van der Waals surface area contributed by atoms with Gasteiger partial charge in [-0.15, -0.1) is 0 Å². The summed E-state index contributed by atoms with van der Waals surface area (Å²) < 4.78 is 9.11. The predicted molar refractivity (Wildman–Crippen MR) is 86.3 cm³/mol. The number of aliphatic hydroxyl groups excluding tert-OH is 1. The van der Waals surface area contributed by atoms with E-state index in [-0.39, 0.29) is 6.04 Å². The van der Waals surface area contributed by atoms with Crippen LogP contribution in [-0.4, -0.2) is 55.9 Å². The molecular weight excluding hydrogens is 294 g/mol. The van der Waals surface area contributed by atoms with Gasteiger partial charge in [-0.25, -0.2) is 4.68 Å². The Balaban J connectivity index is 1.73. The lowest BCUT2D eigenvalue weighted by Crippen LogP contribution is -2.34. The number of methoxy groups -OCH3 is 1. The van der Waals surface area contributed by atoms with Gasteiger partial charge in [0, 0.05) is 32.0 Å². The van der Waals surface area contributed by atoms with Crippen molar-refractivity contribution in [2.75, 3.05) is 20.2 Å². The monoisotopic (exact) mass is 319 g/mol. The average molecular weight is 319 g/mol. The van der Waals surface area contributed by atoms with Gasteiger partial charge in [0.1, 0.15) is 0 Å². The van der Waals surface area contributed by atoms with Crippen LogP contribution in [0.2, 0.25) is 0 Å². The first-order chi connectivity index (χ1) is 11.1. The number of ether oxygens (including phenoxy) is 1. The van der Waals surface area contributed by atoms with Crippen molar-refractivity contribution in [1.82, 2.24) is 24.5 Å². The van der Waals surface area contributed by atoms with Crippen LogP contribution in [0.4, 0.5) is 0 Å². The van der Waals surface area contributed by atoms with Gasteiger partial charge in [-0.3, -0.25) is 9.58 Å². The molecule has 0 radical (unpaired) electrons. The molecule has 0 aliphatic carbocycles. The van der Waals surface area contributed by atoms with Crippen LogP contribution in [0, 0.1) is 6.92 Å². The Kier molecular flexibility index (Phi) is 4.68. The molecule has 1 N–H and O–H groups in total. The van der Waals surface area contributed by atoms with E-state index in [4.69, 9.17) is 4.74 Å². The molecule has 2 unspecified atom stereocenters. The second-order valence-electron chi connectivity index (χ2n) is 6.17. The Morgan fingerprint density at radius 1 is 1.43 bits per heavy atom. The number of hydrogen-bond acceptors (Lipinski definition) is 5. The average Bonchev–Trinajstić information content (AvgIpc) is 3.20. The standard InChI is InChI=1S/C16H25N5O2/c1-12-15(16(23-3)19(2)18-12)14-6-4-8-20(14)10-13(22)11-21-9-5-7-17-21/h5,7,9,13-14,22H,4,6,8,10-11H2,1-3H3. The van der Waals surface area contributed by atoms with Crippen LogP contribution in [0.1, 0.15) is 30.1 Å². The molecule has 3 rings (SSSR count). The van der Waals surface area contributed by atoms with Gasteiger partial charge in [0.15, 0.2) is 0 Å². The van der Waals surface area contributed by atoms with Crippen molar-refractivity contribution in [1.29, 1.82) is 0 Å². The maximum absolute atomic E-state index is 10.4. The number of β-amino-alcohol motifs (C(OH)–C–C–N with tert-alkyl or cyclic N) is 1. The van der Waals surface area contributed by atoms with Gasteiger partial charge in [0.2, 0.25) is 5.88 Å². The Bertz CT molecular complexity index is 637. The molecule has 0 saturated carbocycles. The van der Waals surface area contributed by atoms with E-state index in [2.05, 4.69) is 15.1 Å². The van der Waals surface area contributed by atoms with E-state index >= 15 is 0 Å². The normalized spacial score (nSPS) is 20.1. The largest absolute Gasteiger partial charge is 0.481 e. The Labute approximate surface area is 136 Å². The SMILES string of the molecule is COc1c(C2CCCN2CC(O)Cn2cccn2)c(C)nn1C. The second-order valence-corrected chi connectivity index (χ2v) is 6.17. The third-order valence-corrected chi connectivity index (χ3v) is 4.51. The molecule has 23 heavy (non-hydrogen) atoms. The highest BCUT2D eigenvalue weighted by Crippen LogP contribution is 2.38. The third-order valence-electron chi connectivity index (χ3n) is 4.51. The summed E-state index contributed by atoms with van der Waals surface area (Å²) >= 11 is 0. The molecule has 1 aliphatic rings. The number of aliphatic hydroxyl groups is 1. The predicted octanol–water partition coefficient (Wildman–Crippen LogP) is 1.13. The molecule has 1 aliphatic heterocycles. The van der Waals surface area contributed by atoms with Crippen molar-refractivity contribution < 1.29 is 9.84 Å². The summed E-state index contributed by atoms with van der Waals surface area (Å²) in [5, 5.41) is 19.0. The lowest BCUT2D eigenvalue weighted by molar-refractivity contribution is 0.0883. The molecule has 0 aromatic carbocycles. The lowest BCUT2D eigenvalue weighted by Gasteiger charge is -2.27. The molecule has 0 spiro atoms. The second kappa shape index (κ2) is 6.72. The summed E-state index contributed by atoms with van der Waals surface area (Å²) in [5.41, 5.74) is 2.15. The molecule has 2 aromatic heterocycles. The highest BCUT2D eigenvalue weighted by Gasteiger charge is 2.33. The van der Waals surface area contributed by atoms with Gasteiger partial charge in [-0.05, 0) is 32.4 Å². The van der Waals surface area contributed by atoms with E-state index in [1.54, 1.807) is 22.7 Å². The number of hydrogen-bond donors (Lipinski definition) is 1. The van der Waals surface area contributed by atoms with Crippen LogP contribution < -0.4 is 4.74 Å². The minimum Gasteiger partial charge on any atom is -0.481 e. The molecule has 7 heteroatoms. The summed E-state index contributed by atoms with van der Waals surface area (Å²) in [5.74, 6) is 0.820. The van der Waals surface area contributed by atoms with Gasteiger partial charge in [-0.1, -0.05) is 0 Å². The van der Waals surface area contributed by atoms with Gasteiger partial charge < -0.3 is 9.84 Å². The lowest BCUT2D eigenvalue weighted by atomic mass is 10.0. The van der Waals surface area contributed by atoms with E-state index in [0.29, 0.717) is 13.1 Å². The quantitative estimate of drug-likeness (QED) is 0.864. The van der Waals surface area contributed by atoms with Crippen molar-refractivity contribution in [2.45, 2.75) is 38.5 Å². The summed E-state index contributed by atoms with van der Waals surface area (Å²) in [7, 11) is 3.59. The number of aryl methyl sites for hydroxylation is 2. The number of aromatic nitrogens is 4. The number of likely N-dealkylation sites (tertiary alicyclic amines) is 1. The summed E-state index contributed by atoms with van der Waals surface area (Å²) in [4.78, 5) is 2.33. The first kappa shape index (κ1) is 16.0. The first-order valence-corrected chi connectivity index (χ1v) is 8.07. The number of nitrogens with zero attached hydrogens (tertiary/aromatic N) is 5. The van der Waals surface area contributed by atoms with Crippen LogP contribution in [-0.2, 0) is 13.6 Å². The molecular formula is C16H25N5O2. The fraction of sp³-hybridized carbons (Fsp3) is 0.625. The van der Waals surface area contributed by atoms with Crippen molar-refractivity contribution in [3.8, 4) is 5.88 Å². The maximum Gasteiger partial charge on any atom is 0.216 e. The molecule has 1 saturated heterocycles.